The number of ether oxygens (including phenoxy) is 8. The summed E-state index contributed by atoms with van der Waals surface area (Å²) >= 11 is 0. The van der Waals surface area contributed by atoms with Gasteiger partial charge in [0.15, 0.2) is 18.6 Å². The highest BCUT2D eigenvalue weighted by atomic mass is 16.6. The summed E-state index contributed by atoms with van der Waals surface area (Å²) in [5.74, 6) is -0.653. The molecule has 0 aromatic carbocycles. The zero-order chi connectivity index (χ0) is 100. The lowest BCUT2D eigenvalue weighted by atomic mass is 9.37. The van der Waals surface area contributed by atoms with Crippen LogP contribution >= 0.6 is 0 Å². The topological polar surface area (TPSA) is 372 Å². The number of aromatic nitrogens is 6. The third-order valence-electron chi connectivity index (χ3n) is 41.2. The van der Waals surface area contributed by atoms with Gasteiger partial charge < -0.3 is 47.3 Å². The number of Topliss-reactive ketones (excluding diaryl/α,β-unsaturated/α-hetero) is 4. The van der Waals surface area contributed by atoms with Crippen molar-refractivity contribution in [1.29, 1.82) is 0 Å². The van der Waals surface area contributed by atoms with Crippen LogP contribution in [0.25, 0.3) is 0 Å². The minimum absolute atomic E-state index is 0.0931. The van der Waals surface area contributed by atoms with Crippen molar-refractivity contribution in [2.24, 2.45) is 134 Å². The van der Waals surface area contributed by atoms with Crippen molar-refractivity contribution in [3.8, 4) is 0 Å². The Balaban J connectivity index is 0.000000127. The molecule has 744 valence electrons. The van der Waals surface area contributed by atoms with Gasteiger partial charge in [0.2, 0.25) is 0 Å². The van der Waals surface area contributed by atoms with Crippen LogP contribution in [0.3, 0.4) is 0 Å². The van der Waals surface area contributed by atoms with Crippen LogP contribution in [-0.4, -0.2) is 125 Å². The SMILES string of the molecule is CC(=O)O[C@@H]1CC2C(C)(C)C(=O)CC[C@]2(C)C2CC[C@]3(C)C(=CC(=O)O[C@H]3c3cccnc3)[C@@]21C.CC(=O)O[C@@H]1CC2C(C)(C)C(=O)CC[C@]2(C)C2CC[C@]3(C)C(=CC(=O)O[C@H]3c3cnc[nH]3)[C@@]21C.CC(=O)O[C@@H]1CC2C(C)(C)C(=O)CC[C@]2(C)C2CC[C@]3(C)C(=CC(=O)O[C@H]3c3cncnc3)[C@@]21C.CC(=O)O[C@@H]1CC2C(C)(C)C(=O)CC[C@]2(C)C2CC[C@]3(C)C(=CC(=O)O[C@H]3c3cocn3)[C@@]21C. The lowest BCUT2D eigenvalue weighted by Gasteiger charge is -2.68. The van der Waals surface area contributed by atoms with Crippen LogP contribution in [0.2, 0.25) is 0 Å². The number of ketones is 4. The first-order chi connectivity index (χ1) is 64.4. The Kier molecular flexibility index (Phi) is 24.5. The Hall–Kier alpha value is -9.95. The molecule has 0 spiro atoms. The summed E-state index contributed by atoms with van der Waals surface area (Å²) in [5, 5.41) is 0. The van der Waals surface area contributed by atoms with Crippen LogP contribution in [0.4, 0.5) is 0 Å². The van der Waals surface area contributed by atoms with Gasteiger partial charge in [-0.2, -0.15) is 0 Å². The Labute approximate surface area is 811 Å². The summed E-state index contributed by atoms with van der Waals surface area (Å²) in [4.78, 5) is 178. The lowest BCUT2D eigenvalue weighted by Crippen LogP contribution is -2.66. The van der Waals surface area contributed by atoms with Crippen LogP contribution < -0.4 is 0 Å². The number of rotatable bonds is 8. The molecule has 1 N–H and O–H groups in total. The van der Waals surface area contributed by atoms with Gasteiger partial charge in [-0.1, -0.05) is 145 Å². The van der Waals surface area contributed by atoms with Gasteiger partial charge in [-0.05, 0) is 200 Å². The molecular weight excluding hydrogens is 1750 g/mol. The number of aromatic amines is 1. The third kappa shape index (κ3) is 14.9. The number of imidazole rings is 1. The molecule has 20 rings (SSSR count). The molecule has 27 nitrogen and oxygen atoms in total. The summed E-state index contributed by atoms with van der Waals surface area (Å²) in [5.41, 5.74) is 0.550. The average molecular weight is 1900 g/mol. The number of hydrogen-bond acceptors (Lipinski definition) is 26. The number of fused-ring (bicyclic) bond motifs is 20. The van der Waals surface area contributed by atoms with Crippen LogP contribution in [0, 0.1) is 134 Å². The minimum Gasteiger partial charge on any atom is -0.462 e. The average Bonchev–Trinajstić information content (AvgIpc) is 1.48. The van der Waals surface area contributed by atoms with E-state index in [1.165, 1.54) is 46.7 Å². The van der Waals surface area contributed by atoms with E-state index in [1.807, 2.05) is 12.1 Å². The Morgan fingerprint density at radius 2 is 0.652 bits per heavy atom. The molecule has 27 heteroatoms. The monoisotopic (exact) mass is 1900 g/mol. The maximum atomic E-state index is 13.0. The second kappa shape index (κ2) is 33.9. The van der Waals surface area contributed by atoms with Crippen molar-refractivity contribution in [2.45, 2.75) is 343 Å². The first-order valence-corrected chi connectivity index (χ1v) is 50.5. The molecule has 12 fully saturated rings. The molecule has 16 aliphatic rings. The summed E-state index contributed by atoms with van der Waals surface area (Å²) in [7, 11) is 0. The number of pyridine rings is 1. The first-order valence-electron chi connectivity index (χ1n) is 50.5. The normalized spacial score (nSPS) is 42.6. The van der Waals surface area contributed by atoms with Crippen molar-refractivity contribution in [2.75, 3.05) is 0 Å². The summed E-state index contributed by atoms with van der Waals surface area (Å²) in [6.07, 6.45) is 32.4. The fraction of sp³-hybridized carbons (Fsp3) is 0.685. The van der Waals surface area contributed by atoms with E-state index in [0.717, 1.165) is 116 Å². The quantitative estimate of drug-likeness (QED) is 0.126. The van der Waals surface area contributed by atoms with Gasteiger partial charge in [0, 0.05) is 179 Å². The number of carbonyl (C=O) groups excluding carboxylic acids is 12. The maximum Gasteiger partial charge on any atom is 0.331 e. The number of hydrogen-bond donors (Lipinski definition) is 1. The number of esters is 8. The lowest BCUT2D eigenvalue weighted by molar-refractivity contribution is -0.211. The molecule has 12 saturated carbocycles. The van der Waals surface area contributed by atoms with E-state index in [9.17, 15) is 57.5 Å². The smallest absolute Gasteiger partial charge is 0.331 e. The van der Waals surface area contributed by atoms with E-state index in [2.05, 4.69) is 168 Å². The van der Waals surface area contributed by atoms with Gasteiger partial charge in [-0.15, -0.1) is 0 Å². The number of nitrogens with one attached hydrogen (secondary N) is 1. The highest BCUT2D eigenvalue weighted by molar-refractivity contribution is 5.90. The predicted molar refractivity (Wildman–Crippen MR) is 504 cm³/mol. The molecule has 0 bridgehead atoms. The molecule has 28 atom stereocenters. The fourth-order valence-electron chi connectivity index (χ4n) is 34.6. The fourth-order valence-corrected chi connectivity index (χ4v) is 34.6. The Morgan fingerprint density at radius 1 is 0.355 bits per heavy atom. The highest BCUT2D eigenvalue weighted by Gasteiger charge is 2.76. The third-order valence-corrected chi connectivity index (χ3v) is 41.2. The molecule has 4 aromatic rings. The zero-order valence-corrected chi connectivity index (χ0v) is 85.3. The molecule has 0 radical (unpaired) electrons. The van der Waals surface area contributed by atoms with Gasteiger partial charge >= 0.3 is 47.8 Å². The summed E-state index contributed by atoms with van der Waals surface area (Å²) < 4.78 is 53.2. The van der Waals surface area contributed by atoms with Crippen molar-refractivity contribution in [3.05, 3.63) is 138 Å². The van der Waals surface area contributed by atoms with Gasteiger partial charge in [-0.3, -0.25) is 43.3 Å². The molecule has 0 saturated heterocycles. The van der Waals surface area contributed by atoms with E-state index in [-0.39, 0.29) is 122 Å². The Morgan fingerprint density at radius 3 is 0.942 bits per heavy atom. The maximum absolute atomic E-state index is 13.0. The number of carbonyl (C=O) groups is 12. The van der Waals surface area contributed by atoms with Crippen molar-refractivity contribution in [1.82, 2.24) is 29.9 Å². The summed E-state index contributed by atoms with van der Waals surface area (Å²) in [6, 6.07) is 3.83. The number of oxazole rings is 1. The molecule has 8 heterocycles. The molecule has 0 amide bonds. The number of nitrogens with zero attached hydrogens (tertiary/aromatic N) is 5. The van der Waals surface area contributed by atoms with Gasteiger partial charge in [0.25, 0.3) is 0 Å². The predicted octanol–water partition coefficient (Wildman–Crippen LogP) is 19.8. The van der Waals surface area contributed by atoms with Crippen molar-refractivity contribution in [3.63, 3.8) is 0 Å². The van der Waals surface area contributed by atoms with E-state index < -0.39 is 120 Å². The zero-order valence-electron chi connectivity index (χ0n) is 85.3. The Bertz CT molecular complexity index is 5410. The molecule has 4 aromatic heterocycles. The molecule has 138 heavy (non-hydrogen) atoms. The van der Waals surface area contributed by atoms with Gasteiger partial charge in [0.05, 0.1) is 18.2 Å². The minimum atomic E-state index is -0.568. The van der Waals surface area contributed by atoms with Gasteiger partial charge in [0.1, 0.15) is 78.0 Å². The van der Waals surface area contributed by atoms with E-state index in [0.29, 0.717) is 68.6 Å². The van der Waals surface area contributed by atoms with Gasteiger partial charge in [-0.25, -0.2) is 39.1 Å². The van der Waals surface area contributed by atoms with Crippen LogP contribution in [0.1, 0.15) is 342 Å². The summed E-state index contributed by atoms with van der Waals surface area (Å²) in [6.45, 7) is 48.9. The van der Waals surface area contributed by atoms with E-state index >= 15 is 0 Å². The largest absolute Gasteiger partial charge is 0.462 e. The van der Waals surface area contributed by atoms with Crippen LogP contribution in [0.5, 0.6) is 0 Å². The molecule has 12 aliphatic carbocycles. The van der Waals surface area contributed by atoms with Crippen LogP contribution in [0.15, 0.2) is 119 Å². The van der Waals surface area contributed by atoms with E-state index in [4.69, 9.17) is 42.3 Å². The van der Waals surface area contributed by atoms with Crippen molar-refractivity contribution >= 4 is 70.9 Å². The molecular formula is C111H144N6O21. The standard InChI is InChI=1S/C29H37NO5.C28H36N2O5.C27H36N2O5.C27H35NO6/c1-17(31)34-23-14-20-26(2,3)22(32)10-12-27(20,4)19-9-11-28(5)21(29(19,23)6)15-24(33)35-25(28)18-8-7-13-30-16-18;1-16(31)34-22-11-19-25(2,3)21(32)8-10-26(19,4)18-7-9-27(5)20(28(18,22)6)12-23(33)35-24(27)17-13-29-15-30-14-17;1-15(30)33-21-11-18-24(2,3)20(31)8-10-25(18,4)17-7-9-26(5)19(27(17,21)6)12-22(32)34-23(26)16-13-28-14-29-16;1-15(29)33-21-11-18-24(2,3)20(30)8-10-25(18,4)17-7-9-26(5)19(27(17,21)6)12-22(31)34-23(26)16-13-32-14-28-16/h7-8,13,15-16,19-20,23,25H,9-12,14H2,1-6H3;12-15,18-19,22,24H,7-11H2,1-6H3;12-14,17-18,21,23H,7-11H2,1-6H3,(H,28,29);12-14,17-18,21,23H,7-11H2,1-6H3/t19?,20?,23-,25+,27-,28-,29-;18?,19?,22-,24+,26-,27-,28-;2*17?,18?,21-,23+,25-,26-,27-/m1111/s1. The molecule has 4 aliphatic heterocycles. The van der Waals surface area contributed by atoms with Crippen molar-refractivity contribution < 1.29 is 99.8 Å². The second-order valence-corrected chi connectivity index (χ2v) is 49.2. The second-order valence-electron chi connectivity index (χ2n) is 49.2. The number of H-pyrrole nitrogens is 1. The molecule has 8 unspecified atom stereocenters. The number of cyclic esters (lactones) is 4. The van der Waals surface area contributed by atoms with Crippen LogP contribution in [-0.2, 0) is 95.4 Å². The first kappa shape index (κ1) is 99.6. The highest BCUT2D eigenvalue weighted by Crippen LogP contribution is 2.79. The van der Waals surface area contributed by atoms with E-state index in [1.54, 1.807) is 61.6 Å².